The molecule has 2 amide bonds. The molecule has 172 valence electrons. The van der Waals surface area contributed by atoms with E-state index in [9.17, 15) is 14.4 Å². The summed E-state index contributed by atoms with van der Waals surface area (Å²) < 4.78 is 10.9. The SMILES string of the molecule is CC(=O)N1CCN(C(=O)C(C)OC(=O)c2cc(-c3ccc(C)cc3)nc3onc(C)c23)CC1. The van der Waals surface area contributed by atoms with E-state index in [1.807, 2.05) is 31.2 Å². The lowest BCUT2D eigenvalue weighted by atomic mass is 10.0. The Labute approximate surface area is 191 Å². The number of nitrogens with zero attached hydrogens (tertiary/aromatic N) is 4. The minimum atomic E-state index is -0.979. The standard InChI is InChI=1S/C24H26N4O5/c1-14-5-7-18(8-6-14)20-13-19(21-15(2)26-33-22(21)25-20)24(31)32-16(3)23(30)28-11-9-27(10-12-28)17(4)29/h5-8,13,16H,9-12H2,1-4H3. The van der Waals surface area contributed by atoms with Crippen molar-refractivity contribution in [2.24, 2.45) is 0 Å². The van der Waals surface area contributed by atoms with Crippen molar-refractivity contribution in [3.8, 4) is 11.3 Å². The summed E-state index contributed by atoms with van der Waals surface area (Å²) in [4.78, 5) is 45.3. The maximum absolute atomic E-state index is 13.1. The highest BCUT2D eigenvalue weighted by atomic mass is 16.5. The number of hydrogen-bond donors (Lipinski definition) is 0. The molecule has 1 atom stereocenters. The van der Waals surface area contributed by atoms with E-state index >= 15 is 0 Å². The van der Waals surface area contributed by atoms with E-state index in [0.29, 0.717) is 43.0 Å². The van der Waals surface area contributed by atoms with E-state index in [4.69, 9.17) is 9.26 Å². The van der Waals surface area contributed by atoms with Crippen LogP contribution in [0.2, 0.25) is 0 Å². The fourth-order valence-electron chi connectivity index (χ4n) is 3.90. The van der Waals surface area contributed by atoms with Gasteiger partial charge < -0.3 is 19.1 Å². The molecule has 4 rings (SSSR count). The Balaban J connectivity index is 1.56. The van der Waals surface area contributed by atoms with Gasteiger partial charge in [-0.3, -0.25) is 9.59 Å². The highest BCUT2D eigenvalue weighted by Crippen LogP contribution is 2.28. The van der Waals surface area contributed by atoms with Crippen molar-refractivity contribution in [3.63, 3.8) is 0 Å². The maximum Gasteiger partial charge on any atom is 0.339 e. The smallest absolute Gasteiger partial charge is 0.339 e. The van der Waals surface area contributed by atoms with E-state index in [-0.39, 0.29) is 23.1 Å². The zero-order valence-corrected chi connectivity index (χ0v) is 19.1. The molecule has 33 heavy (non-hydrogen) atoms. The Morgan fingerprint density at radius 3 is 2.30 bits per heavy atom. The zero-order valence-electron chi connectivity index (χ0n) is 19.1. The second-order valence-corrected chi connectivity index (χ2v) is 8.25. The van der Waals surface area contributed by atoms with Crippen LogP contribution < -0.4 is 0 Å². The van der Waals surface area contributed by atoms with Gasteiger partial charge in [0.25, 0.3) is 11.6 Å². The number of ether oxygens (including phenoxy) is 1. The van der Waals surface area contributed by atoms with Crippen LogP contribution in [0.5, 0.6) is 0 Å². The molecular weight excluding hydrogens is 424 g/mol. The summed E-state index contributed by atoms with van der Waals surface area (Å²) in [6, 6.07) is 9.38. The number of carbonyl (C=O) groups is 3. The highest BCUT2D eigenvalue weighted by Gasteiger charge is 2.29. The first-order valence-electron chi connectivity index (χ1n) is 10.8. The summed E-state index contributed by atoms with van der Waals surface area (Å²) in [7, 11) is 0. The molecule has 1 aliphatic heterocycles. The van der Waals surface area contributed by atoms with Gasteiger partial charge in [-0.15, -0.1) is 0 Å². The van der Waals surface area contributed by atoms with Crippen molar-refractivity contribution in [3.05, 3.63) is 47.2 Å². The Morgan fingerprint density at radius 2 is 1.67 bits per heavy atom. The first-order chi connectivity index (χ1) is 15.7. The molecule has 1 aliphatic rings. The van der Waals surface area contributed by atoms with Gasteiger partial charge in [-0.25, -0.2) is 9.78 Å². The van der Waals surface area contributed by atoms with Crippen molar-refractivity contribution >= 4 is 28.9 Å². The van der Waals surface area contributed by atoms with Gasteiger partial charge in [-0.05, 0) is 26.8 Å². The Morgan fingerprint density at radius 1 is 1.03 bits per heavy atom. The second-order valence-electron chi connectivity index (χ2n) is 8.25. The molecule has 0 bridgehead atoms. The molecule has 1 fully saturated rings. The number of esters is 1. The molecule has 1 unspecified atom stereocenters. The maximum atomic E-state index is 13.1. The predicted molar refractivity (Wildman–Crippen MR) is 120 cm³/mol. The summed E-state index contributed by atoms with van der Waals surface area (Å²) in [5.41, 5.74) is 3.46. The van der Waals surface area contributed by atoms with E-state index in [1.165, 1.54) is 6.92 Å². The predicted octanol–water partition coefficient (Wildman–Crippen LogP) is 2.74. The van der Waals surface area contributed by atoms with Gasteiger partial charge in [0.1, 0.15) is 0 Å². The number of piperazine rings is 1. The minimum Gasteiger partial charge on any atom is -0.449 e. The number of carbonyl (C=O) groups excluding carboxylic acids is 3. The summed E-state index contributed by atoms with van der Waals surface area (Å²) in [5, 5.41) is 4.41. The van der Waals surface area contributed by atoms with Crippen LogP contribution in [-0.4, -0.2) is 70.0 Å². The van der Waals surface area contributed by atoms with Crippen LogP contribution in [0.3, 0.4) is 0 Å². The van der Waals surface area contributed by atoms with Crippen molar-refractivity contribution in [2.75, 3.05) is 26.2 Å². The van der Waals surface area contributed by atoms with Crippen molar-refractivity contribution in [2.45, 2.75) is 33.8 Å². The van der Waals surface area contributed by atoms with Gasteiger partial charge in [-0.2, -0.15) is 0 Å². The van der Waals surface area contributed by atoms with Crippen LogP contribution in [0.25, 0.3) is 22.4 Å². The highest BCUT2D eigenvalue weighted by molar-refractivity contribution is 6.05. The van der Waals surface area contributed by atoms with Crippen molar-refractivity contribution < 1.29 is 23.6 Å². The normalized spacial score (nSPS) is 14.9. The fraction of sp³-hybridized carbons (Fsp3) is 0.375. The molecule has 3 aromatic rings. The third kappa shape index (κ3) is 4.57. The summed E-state index contributed by atoms with van der Waals surface area (Å²) in [6.07, 6.45) is -0.979. The van der Waals surface area contributed by atoms with Crippen LogP contribution >= 0.6 is 0 Å². The lowest BCUT2D eigenvalue weighted by Gasteiger charge is -2.35. The van der Waals surface area contributed by atoms with Crippen LogP contribution in [0.15, 0.2) is 34.9 Å². The molecule has 3 heterocycles. The lowest BCUT2D eigenvalue weighted by Crippen LogP contribution is -2.52. The third-order valence-electron chi connectivity index (χ3n) is 5.85. The molecule has 1 aromatic carbocycles. The Kier molecular flexibility index (Phi) is 6.13. The lowest BCUT2D eigenvalue weighted by molar-refractivity contribution is -0.144. The van der Waals surface area contributed by atoms with Gasteiger partial charge in [0.15, 0.2) is 6.10 Å². The van der Waals surface area contributed by atoms with E-state index < -0.39 is 12.1 Å². The number of pyridine rings is 1. The molecule has 0 spiro atoms. The average molecular weight is 450 g/mol. The number of benzene rings is 1. The van der Waals surface area contributed by atoms with Gasteiger partial charge in [0, 0.05) is 38.7 Å². The van der Waals surface area contributed by atoms with Crippen molar-refractivity contribution in [1.29, 1.82) is 0 Å². The molecule has 0 radical (unpaired) electrons. The number of rotatable bonds is 4. The summed E-state index contributed by atoms with van der Waals surface area (Å²) in [6.45, 7) is 8.51. The number of hydrogen-bond acceptors (Lipinski definition) is 7. The Hall–Kier alpha value is -3.75. The molecular formula is C24H26N4O5. The zero-order chi connectivity index (χ0) is 23.7. The molecule has 2 aromatic heterocycles. The molecule has 0 saturated carbocycles. The molecule has 9 nitrogen and oxygen atoms in total. The third-order valence-corrected chi connectivity index (χ3v) is 5.85. The monoisotopic (exact) mass is 450 g/mol. The van der Waals surface area contributed by atoms with Crippen molar-refractivity contribution in [1.82, 2.24) is 19.9 Å². The Bertz CT molecular complexity index is 1210. The molecule has 0 N–H and O–H groups in total. The number of aryl methyl sites for hydroxylation is 2. The first-order valence-corrected chi connectivity index (χ1v) is 10.8. The second kappa shape index (κ2) is 9.01. The van der Waals surface area contributed by atoms with Gasteiger partial charge >= 0.3 is 5.97 Å². The average Bonchev–Trinajstić information content (AvgIpc) is 3.19. The minimum absolute atomic E-state index is 0.0169. The van der Waals surface area contributed by atoms with E-state index in [0.717, 1.165) is 11.1 Å². The molecule has 9 heteroatoms. The van der Waals surface area contributed by atoms with Crippen LogP contribution in [-0.2, 0) is 14.3 Å². The van der Waals surface area contributed by atoms with E-state index in [2.05, 4.69) is 10.1 Å². The van der Waals surface area contributed by atoms with Crippen LogP contribution in [0, 0.1) is 13.8 Å². The van der Waals surface area contributed by atoms with Gasteiger partial charge in [0.2, 0.25) is 5.91 Å². The van der Waals surface area contributed by atoms with Crippen LogP contribution in [0.4, 0.5) is 0 Å². The first kappa shape index (κ1) is 22.4. The van der Waals surface area contributed by atoms with Gasteiger partial charge in [0.05, 0.1) is 22.3 Å². The van der Waals surface area contributed by atoms with E-state index in [1.54, 1.807) is 29.7 Å². The number of amides is 2. The van der Waals surface area contributed by atoms with Crippen LogP contribution in [0.1, 0.15) is 35.5 Å². The summed E-state index contributed by atoms with van der Waals surface area (Å²) >= 11 is 0. The topological polar surface area (TPSA) is 106 Å². The van der Waals surface area contributed by atoms with Gasteiger partial charge in [-0.1, -0.05) is 35.0 Å². The number of fused-ring (bicyclic) bond motifs is 1. The largest absolute Gasteiger partial charge is 0.449 e. The molecule has 0 aliphatic carbocycles. The summed E-state index contributed by atoms with van der Waals surface area (Å²) in [5.74, 6) is -0.959. The fourth-order valence-corrected chi connectivity index (χ4v) is 3.90. The quantitative estimate of drug-likeness (QED) is 0.563. The molecule has 1 saturated heterocycles. The number of aromatic nitrogens is 2.